The van der Waals surface area contributed by atoms with Crippen LogP contribution in [0.5, 0.6) is 0 Å². The zero-order valence-corrected chi connectivity index (χ0v) is 16.6. The van der Waals surface area contributed by atoms with Crippen LogP contribution in [-0.2, 0) is 9.59 Å². The number of benzene rings is 1. The van der Waals surface area contributed by atoms with Gasteiger partial charge in [0, 0.05) is 50.6 Å². The molecule has 1 aromatic rings. The van der Waals surface area contributed by atoms with Crippen molar-refractivity contribution in [2.75, 3.05) is 32.7 Å². The SMILES string of the molecule is CCCN(CCC)C(=O)CCC(=O)N1CCNCC1c1cccc(Cl)c1. The summed E-state index contributed by atoms with van der Waals surface area (Å²) in [5, 5.41) is 4.01. The van der Waals surface area contributed by atoms with Crippen LogP contribution in [0.2, 0.25) is 5.02 Å². The average molecular weight is 380 g/mol. The first-order valence-corrected chi connectivity index (χ1v) is 9.98. The van der Waals surface area contributed by atoms with Gasteiger partial charge >= 0.3 is 0 Å². The van der Waals surface area contributed by atoms with Gasteiger partial charge in [-0.1, -0.05) is 37.6 Å². The summed E-state index contributed by atoms with van der Waals surface area (Å²) >= 11 is 6.11. The molecule has 5 nitrogen and oxygen atoms in total. The highest BCUT2D eigenvalue weighted by molar-refractivity contribution is 6.30. The van der Waals surface area contributed by atoms with E-state index in [4.69, 9.17) is 11.6 Å². The molecule has 1 heterocycles. The molecule has 0 aromatic heterocycles. The van der Waals surface area contributed by atoms with Crippen LogP contribution >= 0.6 is 11.6 Å². The molecule has 1 aliphatic rings. The van der Waals surface area contributed by atoms with E-state index in [0.29, 0.717) is 18.1 Å². The Hall–Kier alpha value is -1.59. The van der Waals surface area contributed by atoms with Crippen molar-refractivity contribution in [2.24, 2.45) is 0 Å². The molecule has 6 heteroatoms. The fourth-order valence-electron chi connectivity index (χ4n) is 3.43. The maximum Gasteiger partial charge on any atom is 0.223 e. The molecule has 1 aliphatic heterocycles. The molecule has 0 aliphatic carbocycles. The summed E-state index contributed by atoms with van der Waals surface area (Å²) in [5.74, 6) is 0.120. The van der Waals surface area contributed by atoms with E-state index in [0.717, 1.165) is 38.0 Å². The molecule has 2 rings (SSSR count). The quantitative estimate of drug-likeness (QED) is 0.754. The first-order chi connectivity index (χ1) is 12.6. The minimum absolute atomic E-state index is 0.0348. The standard InChI is InChI=1S/C20H30ClN3O2/c1-3-11-23(12-4-2)19(25)8-9-20(26)24-13-10-22-15-18(24)16-6-5-7-17(21)14-16/h5-7,14,18,22H,3-4,8-13,15H2,1-2H3. The van der Waals surface area contributed by atoms with E-state index in [1.807, 2.05) is 34.1 Å². The third-order valence-corrected chi connectivity index (χ3v) is 4.92. The van der Waals surface area contributed by atoms with E-state index in [1.165, 1.54) is 0 Å². The van der Waals surface area contributed by atoms with Crippen molar-refractivity contribution < 1.29 is 9.59 Å². The van der Waals surface area contributed by atoms with Crippen LogP contribution < -0.4 is 5.32 Å². The van der Waals surface area contributed by atoms with Crippen molar-refractivity contribution in [3.63, 3.8) is 0 Å². The summed E-state index contributed by atoms with van der Waals surface area (Å²) in [7, 11) is 0. The Bertz CT molecular complexity index is 602. The molecule has 1 aromatic carbocycles. The molecule has 0 spiro atoms. The number of carbonyl (C=O) groups is 2. The van der Waals surface area contributed by atoms with Crippen molar-refractivity contribution in [3.8, 4) is 0 Å². The minimum Gasteiger partial charge on any atom is -0.343 e. The molecule has 144 valence electrons. The number of rotatable bonds is 8. The van der Waals surface area contributed by atoms with E-state index in [9.17, 15) is 9.59 Å². The van der Waals surface area contributed by atoms with Gasteiger partial charge in [0.05, 0.1) is 6.04 Å². The monoisotopic (exact) mass is 379 g/mol. The summed E-state index contributed by atoms with van der Waals surface area (Å²) in [5.41, 5.74) is 1.03. The predicted molar refractivity (Wildman–Crippen MR) is 105 cm³/mol. The summed E-state index contributed by atoms with van der Waals surface area (Å²) in [6, 6.07) is 7.62. The van der Waals surface area contributed by atoms with Gasteiger partial charge in [-0.3, -0.25) is 9.59 Å². The Labute approximate surface area is 161 Å². The number of hydrogen-bond acceptors (Lipinski definition) is 3. The Balaban J connectivity index is 1.98. The summed E-state index contributed by atoms with van der Waals surface area (Å²) in [6.45, 7) is 7.79. The van der Waals surface area contributed by atoms with Crippen LogP contribution in [0.15, 0.2) is 24.3 Å². The van der Waals surface area contributed by atoms with Crippen LogP contribution in [0, 0.1) is 0 Å². The summed E-state index contributed by atoms with van der Waals surface area (Å²) < 4.78 is 0. The molecule has 0 bridgehead atoms. The first kappa shape index (κ1) is 20.7. The second kappa shape index (κ2) is 10.5. The Morgan fingerprint density at radius 1 is 1.23 bits per heavy atom. The number of carbonyl (C=O) groups excluding carboxylic acids is 2. The van der Waals surface area contributed by atoms with Crippen LogP contribution in [0.25, 0.3) is 0 Å². The third kappa shape index (κ3) is 5.71. The van der Waals surface area contributed by atoms with Crippen LogP contribution in [0.4, 0.5) is 0 Å². The Morgan fingerprint density at radius 3 is 2.62 bits per heavy atom. The summed E-state index contributed by atoms with van der Waals surface area (Å²) in [6.07, 6.45) is 2.42. The second-order valence-electron chi connectivity index (χ2n) is 6.74. The fraction of sp³-hybridized carbons (Fsp3) is 0.600. The lowest BCUT2D eigenvalue weighted by Crippen LogP contribution is -2.48. The Kier molecular flexibility index (Phi) is 8.39. The average Bonchev–Trinajstić information content (AvgIpc) is 2.65. The van der Waals surface area contributed by atoms with Gasteiger partial charge in [-0.2, -0.15) is 0 Å². The smallest absolute Gasteiger partial charge is 0.223 e. The van der Waals surface area contributed by atoms with Gasteiger partial charge in [0.2, 0.25) is 11.8 Å². The predicted octanol–water partition coefficient (Wildman–Crippen LogP) is 3.24. The summed E-state index contributed by atoms with van der Waals surface area (Å²) in [4.78, 5) is 29.0. The first-order valence-electron chi connectivity index (χ1n) is 9.60. The lowest BCUT2D eigenvalue weighted by Gasteiger charge is -2.37. The van der Waals surface area contributed by atoms with E-state index >= 15 is 0 Å². The number of hydrogen-bond donors (Lipinski definition) is 1. The maximum absolute atomic E-state index is 12.8. The van der Waals surface area contributed by atoms with Crippen molar-refractivity contribution in [3.05, 3.63) is 34.9 Å². The van der Waals surface area contributed by atoms with Gasteiger partial charge < -0.3 is 15.1 Å². The molecule has 26 heavy (non-hydrogen) atoms. The number of halogens is 1. The van der Waals surface area contributed by atoms with Crippen LogP contribution in [-0.4, -0.2) is 54.3 Å². The van der Waals surface area contributed by atoms with Crippen molar-refractivity contribution >= 4 is 23.4 Å². The molecule has 1 unspecified atom stereocenters. The molecule has 1 atom stereocenters. The van der Waals surface area contributed by atoms with E-state index < -0.39 is 0 Å². The highest BCUT2D eigenvalue weighted by Crippen LogP contribution is 2.25. The highest BCUT2D eigenvalue weighted by Gasteiger charge is 2.28. The van der Waals surface area contributed by atoms with Crippen molar-refractivity contribution in [1.29, 1.82) is 0 Å². The molecule has 2 amide bonds. The van der Waals surface area contributed by atoms with Crippen molar-refractivity contribution in [2.45, 2.75) is 45.6 Å². The highest BCUT2D eigenvalue weighted by atomic mass is 35.5. The number of nitrogens with one attached hydrogen (secondary N) is 1. The van der Waals surface area contributed by atoms with Gasteiger partial charge in [0.25, 0.3) is 0 Å². The van der Waals surface area contributed by atoms with E-state index in [2.05, 4.69) is 19.2 Å². The maximum atomic E-state index is 12.8. The lowest BCUT2D eigenvalue weighted by molar-refractivity contribution is -0.139. The van der Waals surface area contributed by atoms with Crippen molar-refractivity contribution in [1.82, 2.24) is 15.1 Å². The van der Waals surface area contributed by atoms with Gasteiger partial charge in [-0.25, -0.2) is 0 Å². The third-order valence-electron chi connectivity index (χ3n) is 4.69. The number of piperazine rings is 1. The number of nitrogens with zero attached hydrogens (tertiary/aromatic N) is 2. The molecular weight excluding hydrogens is 350 g/mol. The van der Waals surface area contributed by atoms with Gasteiger partial charge in [-0.05, 0) is 30.5 Å². The second-order valence-corrected chi connectivity index (χ2v) is 7.18. The molecule has 1 fully saturated rings. The van der Waals surface area contributed by atoms with E-state index in [-0.39, 0.29) is 30.7 Å². The van der Waals surface area contributed by atoms with E-state index in [1.54, 1.807) is 0 Å². The van der Waals surface area contributed by atoms with Gasteiger partial charge in [0.1, 0.15) is 0 Å². The topological polar surface area (TPSA) is 52.7 Å². The largest absolute Gasteiger partial charge is 0.343 e. The Morgan fingerprint density at radius 2 is 1.96 bits per heavy atom. The number of amides is 2. The molecule has 1 saturated heterocycles. The van der Waals surface area contributed by atoms with Gasteiger partial charge in [-0.15, -0.1) is 0 Å². The zero-order chi connectivity index (χ0) is 18.9. The molecule has 1 N–H and O–H groups in total. The fourth-order valence-corrected chi connectivity index (χ4v) is 3.63. The zero-order valence-electron chi connectivity index (χ0n) is 15.8. The lowest BCUT2D eigenvalue weighted by atomic mass is 10.0. The van der Waals surface area contributed by atoms with Gasteiger partial charge in [0.15, 0.2) is 0 Å². The van der Waals surface area contributed by atoms with Crippen LogP contribution in [0.1, 0.15) is 51.1 Å². The minimum atomic E-state index is -0.0348. The molecule has 0 radical (unpaired) electrons. The van der Waals surface area contributed by atoms with Crippen LogP contribution in [0.3, 0.4) is 0 Å². The normalized spacial score (nSPS) is 17.2. The molecule has 0 saturated carbocycles. The molecular formula is C20H30ClN3O2.